The zero-order chi connectivity index (χ0) is 18.7. The first-order valence-corrected chi connectivity index (χ1v) is 9.15. The molecule has 0 saturated heterocycles. The highest BCUT2D eigenvalue weighted by atomic mass is 32.2. The van der Waals surface area contributed by atoms with Gasteiger partial charge in [-0.1, -0.05) is 31.7 Å². The number of imidazole rings is 1. The number of non-ortho nitro benzene ring substituents is 1. The topological polar surface area (TPSA) is 73.8 Å². The monoisotopic (exact) mass is 368 g/mol. The molecule has 3 rings (SSSR count). The summed E-state index contributed by atoms with van der Waals surface area (Å²) in [5.41, 5.74) is 2.24. The Morgan fingerprint density at radius 1 is 1.23 bits per heavy atom. The third kappa shape index (κ3) is 3.94. The van der Waals surface area contributed by atoms with Gasteiger partial charge >= 0.3 is 0 Å². The summed E-state index contributed by atoms with van der Waals surface area (Å²) in [4.78, 5) is 20.3. The summed E-state index contributed by atoms with van der Waals surface area (Å²) in [6.45, 7) is 6.89. The Morgan fingerprint density at radius 2 is 1.96 bits per heavy atom. The van der Waals surface area contributed by atoms with Gasteiger partial charge in [0.1, 0.15) is 10.9 Å². The molecule has 7 heteroatoms. The smallest absolute Gasteiger partial charge is 0.270 e. The zero-order valence-electron chi connectivity index (χ0n) is 14.9. The average molecular weight is 368 g/mol. The fraction of sp³-hybridized carbons (Fsp3) is 0.263. The van der Waals surface area contributed by atoms with E-state index >= 15 is 0 Å². The summed E-state index contributed by atoms with van der Waals surface area (Å²) in [5, 5.41) is 12.1. The summed E-state index contributed by atoms with van der Waals surface area (Å²) in [7, 11) is 0. The molecule has 26 heavy (non-hydrogen) atoms. The zero-order valence-corrected chi connectivity index (χ0v) is 15.7. The van der Waals surface area contributed by atoms with Gasteiger partial charge in [-0.3, -0.25) is 15.1 Å². The number of benzene rings is 1. The van der Waals surface area contributed by atoms with Crippen molar-refractivity contribution < 1.29 is 4.92 Å². The molecule has 0 unspecified atom stereocenters. The van der Waals surface area contributed by atoms with Gasteiger partial charge < -0.3 is 4.57 Å². The standard InChI is InChI=1S/C19H20N4O2S/c1-13(2)18-19(26-17-6-4-5-16(11-17)23(24)25)22(14(3)21-18)12-15-7-9-20-10-8-15/h4-11,13H,12H2,1-3H3. The normalized spacial score (nSPS) is 11.1. The van der Waals surface area contributed by atoms with Crippen LogP contribution in [0.15, 0.2) is 58.7 Å². The maximum Gasteiger partial charge on any atom is 0.270 e. The molecule has 0 N–H and O–H groups in total. The molecule has 0 fully saturated rings. The van der Waals surface area contributed by atoms with E-state index in [1.165, 1.54) is 17.8 Å². The van der Waals surface area contributed by atoms with Gasteiger partial charge in [-0.15, -0.1) is 0 Å². The third-order valence-corrected chi connectivity index (χ3v) is 5.13. The van der Waals surface area contributed by atoms with Crippen LogP contribution in [0.25, 0.3) is 0 Å². The van der Waals surface area contributed by atoms with Crippen molar-refractivity contribution in [2.45, 2.75) is 43.2 Å². The first-order chi connectivity index (χ1) is 12.5. The molecular formula is C19H20N4O2S. The molecule has 2 aromatic heterocycles. The summed E-state index contributed by atoms with van der Waals surface area (Å²) >= 11 is 1.52. The van der Waals surface area contributed by atoms with Crippen LogP contribution in [0.4, 0.5) is 5.69 Å². The van der Waals surface area contributed by atoms with E-state index in [1.54, 1.807) is 24.5 Å². The third-order valence-electron chi connectivity index (χ3n) is 4.02. The van der Waals surface area contributed by atoms with Gasteiger partial charge in [0.15, 0.2) is 0 Å². The molecule has 0 amide bonds. The largest absolute Gasteiger partial charge is 0.318 e. The fourth-order valence-corrected chi connectivity index (χ4v) is 3.92. The minimum atomic E-state index is -0.368. The molecule has 1 aromatic carbocycles. The van der Waals surface area contributed by atoms with Gasteiger partial charge in [0, 0.05) is 36.0 Å². The quantitative estimate of drug-likeness (QED) is 0.461. The van der Waals surface area contributed by atoms with Crippen LogP contribution in [-0.4, -0.2) is 19.5 Å². The number of nitro groups is 1. The Bertz CT molecular complexity index is 923. The molecule has 0 atom stereocenters. The number of rotatable bonds is 6. The lowest BCUT2D eigenvalue weighted by Gasteiger charge is -2.12. The summed E-state index contributed by atoms with van der Waals surface area (Å²) in [6, 6.07) is 10.7. The summed E-state index contributed by atoms with van der Waals surface area (Å²) < 4.78 is 2.16. The van der Waals surface area contributed by atoms with Gasteiger partial charge in [0.25, 0.3) is 5.69 Å². The summed E-state index contributed by atoms with van der Waals surface area (Å²) in [5.74, 6) is 1.19. The Morgan fingerprint density at radius 3 is 2.62 bits per heavy atom. The van der Waals surface area contributed by atoms with Gasteiger partial charge in [0.05, 0.1) is 10.6 Å². The Balaban J connectivity index is 2.01. The molecule has 0 radical (unpaired) electrons. The Kier molecular flexibility index (Phi) is 5.37. The van der Waals surface area contributed by atoms with Crippen LogP contribution in [0.2, 0.25) is 0 Å². The van der Waals surface area contributed by atoms with Crippen LogP contribution in [0.3, 0.4) is 0 Å². The maximum absolute atomic E-state index is 11.1. The Hall–Kier alpha value is -2.67. The van der Waals surface area contributed by atoms with Gasteiger partial charge in [-0.2, -0.15) is 0 Å². The fourth-order valence-electron chi connectivity index (χ4n) is 2.68. The first kappa shape index (κ1) is 18.1. The highest BCUT2D eigenvalue weighted by Gasteiger charge is 2.19. The molecule has 0 aliphatic rings. The molecule has 2 heterocycles. The van der Waals surface area contributed by atoms with Crippen molar-refractivity contribution in [3.8, 4) is 0 Å². The van der Waals surface area contributed by atoms with Gasteiger partial charge in [-0.25, -0.2) is 4.98 Å². The number of aromatic nitrogens is 3. The molecule has 0 aliphatic carbocycles. The predicted molar refractivity (Wildman–Crippen MR) is 102 cm³/mol. The van der Waals surface area contributed by atoms with E-state index in [0.717, 1.165) is 27.0 Å². The van der Waals surface area contributed by atoms with Crippen molar-refractivity contribution in [1.82, 2.24) is 14.5 Å². The summed E-state index contributed by atoms with van der Waals surface area (Å²) in [6.07, 6.45) is 3.55. The van der Waals surface area contributed by atoms with E-state index in [9.17, 15) is 10.1 Å². The van der Waals surface area contributed by atoms with E-state index in [2.05, 4.69) is 23.4 Å². The number of nitrogens with zero attached hydrogens (tertiary/aromatic N) is 4. The lowest BCUT2D eigenvalue weighted by atomic mass is 10.1. The minimum Gasteiger partial charge on any atom is -0.318 e. The molecule has 0 saturated carbocycles. The number of nitro benzene ring substituents is 1. The second kappa shape index (κ2) is 7.70. The average Bonchev–Trinajstić information content (AvgIpc) is 2.92. The number of hydrogen-bond donors (Lipinski definition) is 0. The minimum absolute atomic E-state index is 0.0954. The van der Waals surface area contributed by atoms with Crippen LogP contribution < -0.4 is 0 Å². The van der Waals surface area contributed by atoms with Crippen LogP contribution >= 0.6 is 11.8 Å². The molecule has 134 valence electrons. The molecule has 0 spiro atoms. The van der Waals surface area contributed by atoms with Crippen molar-refractivity contribution in [2.24, 2.45) is 0 Å². The van der Waals surface area contributed by atoms with E-state index in [1.807, 2.05) is 25.1 Å². The highest BCUT2D eigenvalue weighted by molar-refractivity contribution is 7.99. The predicted octanol–water partition coefficient (Wildman–Crippen LogP) is 4.82. The molecular weight excluding hydrogens is 348 g/mol. The van der Waals surface area contributed by atoms with E-state index in [0.29, 0.717) is 6.54 Å². The van der Waals surface area contributed by atoms with Crippen LogP contribution in [0.5, 0.6) is 0 Å². The second-order valence-electron chi connectivity index (χ2n) is 6.30. The lowest BCUT2D eigenvalue weighted by molar-refractivity contribution is -0.385. The van der Waals surface area contributed by atoms with E-state index in [-0.39, 0.29) is 16.5 Å². The molecule has 6 nitrogen and oxygen atoms in total. The van der Waals surface area contributed by atoms with E-state index < -0.39 is 0 Å². The maximum atomic E-state index is 11.1. The van der Waals surface area contributed by atoms with Crippen molar-refractivity contribution in [3.05, 3.63) is 76.0 Å². The van der Waals surface area contributed by atoms with Crippen molar-refractivity contribution in [2.75, 3.05) is 0 Å². The van der Waals surface area contributed by atoms with Crippen LogP contribution in [0, 0.1) is 17.0 Å². The highest BCUT2D eigenvalue weighted by Crippen LogP contribution is 2.36. The molecule has 0 aliphatic heterocycles. The molecule has 3 aromatic rings. The van der Waals surface area contributed by atoms with Gasteiger partial charge in [-0.05, 0) is 36.6 Å². The van der Waals surface area contributed by atoms with E-state index in [4.69, 9.17) is 4.98 Å². The van der Waals surface area contributed by atoms with Crippen molar-refractivity contribution in [1.29, 1.82) is 0 Å². The SMILES string of the molecule is Cc1nc(C(C)C)c(Sc2cccc([N+](=O)[O-])c2)n1Cc1ccncc1. The van der Waals surface area contributed by atoms with Gasteiger partial charge in [0.2, 0.25) is 0 Å². The number of aryl methyl sites for hydroxylation is 1. The van der Waals surface area contributed by atoms with Crippen molar-refractivity contribution >= 4 is 17.4 Å². The second-order valence-corrected chi connectivity index (χ2v) is 7.36. The first-order valence-electron chi connectivity index (χ1n) is 8.34. The van der Waals surface area contributed by atoms with Crippen molar-refractivity contribution in [3.63, 3.8) is 0 Å². The number of pyridine rings is 1. The lowest BCUT2D eigenvalue weighted by Crippen LogP contribution is -2.04. The Labute approximate surface area is 156 Å². The molecule has 0 bridgehead atoms. The number of hydrogen-bond acceptors (Lipinski definition) is 5. The van der Waals surface area contributed by atoms with Crippen LogP contribution in [-0.2, 0) is 6.54 Å². The van der Waals surface area contributed by atoms with Crippen LogP contribution in [0.1, 0.15) is 36.8 Å².